The zero-order valence-corrected chi connectivity index (χ0v) is 9.39. The van der Waals surface area contributed by atoms with Gasteiger partial charge in [0.15, 0.2) is 0 Å². The van der Waals surface area contributed by atoms with Crippen LogP contribution in [0.4, 0.5) is 4.39 Å². The molecule has 4 atom stereocenters. The first kappa shape index (κ1) is 11.0. The predicted molar refractivity (Wildman–Crippen MR) is 53.7 cm³/mol. The Labute approximate surface area is 94.8 Å². The summed E-state index contributed by atoms with van der Waals surface area (Å²) in [6.45, 7) is 1.64. The van der Waals surface area contributed by atoms with E-state index in [0.29, 0.717) is 0 Å². The van der Waals surface area contributed by atoms with Gasteiger partial charge >= 0.3 is 5.97 Å². The number of β-lactam (4-membered cyclic amide) rings is 1. The maximum Gasteiger partial charge on any atom is 0.327 e. The van der Waals surface area contributed by atoms with Gasteiger partial charge in [0.2, 0.25) is 6.17 Å². The van der Waals surface area contributed by atoms with Crippen molar-refractivity contribution >= 4 is 35.2 Å². The Hall–Kier alpha value is -0.490. The molecule has 0 aromatic rings. The zero-order chi connectivity index (χ0) is 11.4. The molecule has 4 nitrogen and oxygen atoms in total. The summed E-state index contributed by atoms with van der Waals surface area (Å²) in [4.78, 5) is 23.3. The number of carboxylic acids is 1. The normalized spacial score (nSPS) is 43.8. The first-order chi connectivity index (χ1) is 6.92. The Balaban J connectivity index is 2.33. The molecule has 1 N–H and O–H groups in total. The molecule has 0 aromatic heterocycles. The van der Waals surface area contributed by atoms with Gasteiger partial charge in [-0.05, 0) is 6.92 Å². The highest BCUT2D eigenvalue weighted by molar-refractivity contribution is 8.01. The first-order valence-electron chi connectivity index (χ1n) is 4.35. The highest BCUT2D eigenvalue weighted by atomic mass is 35.5. The van der Waals surface area contributed by atoms with Crippen molar-refractivity contribution < 1.29 is 19.1 Å². The molecule has 15 heavy (non-hydrogen) atoms. The molecule has 0 radical (unpaired) electrons. The van der Waals surface area contributed by atoms with Crippen molar-refractivity contribution in [3.63, 3.8) is 0 Å². The molecule has 2 saturated heterocycles. The topological polar surface area (TPSA) is 57.6 Å². The second-order valence-electron chi connectivity index (χ2n) is 3.84. The molecule has 1 amide bonds. The summed E-state index contributed by atoms with van der Waals surface area (Å²) in [5.41, 5.74) is 0. The average Bonchev–Trinajstić information content (AvgIpc) is 2.49. The van der Waals surface area contributed by atoms with E-state index < -0.39 is 34.2 Å². The van der Waals surface area contributed by atoms with Gasteiger partial charge in [-0.3, -0.25) is 4.79 Å². The highest BCUT2D eigenvalue weighted by Gasteiger charge is 2.65. The SMILES string of the molecule is C[C@@]1(CCl)S[C@@H]2[C@@H](F)C(=O)N2[C@H]1C(=O)O. The molecular weight excluding hydrogens is 245 g/mol. The molecular formula is C8H9ClFNO3S. The average molecular weight is 254 g/mol. The summed E-state index contributed by atoms with van der Waals surface area (Å²) >= 11 is 6.83. The number of rotatable bonds is 2. The van der Waals surface area contributed by atoms with Gasteiger partial charge in [-0.15, -0.1) is 23.4 Å². The van der Waals surface area contributed by atoms with Gasteiger partial charge in [-0.25, -0.2) is 9.18 Å². The molecule has 0 bridgehead atoms. The lowest BCUT2D eigenvalue weighted by Gasteiger charge is -2.39. The lowest BCUT2D eigenvalue weighted by molar-refractivity contribution is -0.164. The van der Waals surface area contributed by atoms with Crippen LogP contribution in [-0.4, -0.2) is 50.1 Å². The number of amides is 1. The fraction of sp³-hybridized carbons (Fsp3) is 0.750. The predicted octanol–water partition coefficient (Wildman–Crippen LogP) is 0.690. The number of alkyl halides is 2. The van der Waals surface area contributed by atoms with Gasteiger partial charge in [0.1, 0.15) is 11.4 Å². The fourth-order valence-corrected chi connectivity index (χ4v) is 3.83. The molecule has 2 aliphatic rings. The zero-order valence-electron chi connectivity index (χ0n) is 7.81. The monoisotopic (exact) mass is 253 g/mol. The molecule has 0 spiro atoms. The van der Waals surface area contributed by atoms with Crippen LogP contribution in [0.5, 0.6) is 0 Å². The van der Waals surface area contributed by atoms with E-state index in [0.717, 1.165) is 16.7 Å². The van der Waals surface area contributed by atoms with E-state index in [9.17, 15) is 14.0 Å². The van der Waals surface area contributed by atoms with E-state index in [1.165, 1.54) is 0 Å². The lowest BCUT2D eigenvalue weighted by atomic mass is 9.97. The summed E-state index contributed by atoms with van der Waals surface area (Å²) in [5, 5.41) is 8.34. The molecule has 0 unspecified atom stereocenters. The van der Waals surface area contributed by atoms with Gasteiger partial charge in [0, 0.05) is 5.88 Å². The van der Waals surface area contributed by atoms with Gasteiger partial charge in [0.25, 0.3) is 5.91 Å². The number of carbonyl (C=O) groups excluding carboxylic acids is 1. The number of aliphatic carboxylic acids is 1. The van der Waals surface area contributed by atoms with Crippen molar-refractivity contribution in [1.82, 2.24) is 4.90 Å². The van der Waals surface area contributed by atoms with Gasteiger partial charge in [-0.1, -0.05) is 0 Å². The number of carbonyl (C=O) groups is 2. The number of thioether (sulfide) groups is 1. The number of hydrogen-bond acceptors (Lipinski definition) is 3. The number of fused-ring (bicyclic) bond motifs is 1. The van der Waals surface area contributed by atoms with Crippen LogP contribution in [-0.2, 0) is 9.59 Å². The minimum Gasteiger partial charge on any atom is -0.480 e. The highest BCUT2D eigenvalue weighted by Crippen LogP contribution is 2.52. The smallest absolute Gasteiger partial charge is 0.327 e. The lowest BCUT2D eigenvalue weighted by Crippen LogP contribution is -2.64. The van der Waals surface area contributed by atoms with Crippen LogP contribution in [0.3, 0.4) is 0 Å². The summed E-state index contributed by atoms with van der Waals surface area (Å²) in [6.07, 6.45) is -1.58. The van der Waals surface area contributed by atoms with Gasteiger partial charge in [0.05, 0.1) is 4.75 Å². The Kier molecular flexibility index (Phi) is 2.38. The number of nitrogens with zero attached hydrogens (tertiary/aromatic N) is 1. The summed E-state index contributed by atoms with van der Waals surface area (Å²) in [6, 6.07) is -1.02. The van der Waals surface area contributed by atoms with Crippen LogP contribution >= 0.6 is 23.4 Å². The molecule has 0 aromatic carbocycles. The van der Waals surface area contributed by atoms with Crippen molar-refractivity contribution in [3.8, 4) is 0 Å². The maximum atomic E-state index is 13.1. The molecule has 2 rings (SSSR count). The minimum atomic E-state index is -1.58. The van der Waals surface area contributed by atoms with E-state index in [2.05, 4.69) is 0 Å². The van der Waals surface area contributed by atoms with Crippen molar-refractivity contribution in [1.29, 1.82) is 0 Å². The van der Waals surface area contributed by atoms with Gasteiger partial charge < -0.3 is 10.0 Å². The van der Waals surface area contributed by atoms with E-state index in [1.54, 1.807) is 6.92 Å². The molecule has 2 heterocycles. The largest absolute Gasteiger partial charge is 0.480 e. The number of carboxylic acid groups (broad SMARTS) is 1. The minimum absolute atomic E-state index is 0.0711. The number of hydrogen-bond donors (Lipinski definition) is 1. The molecule has 0 saturated carbocycles. The van der Waals surface area contributed by atoms with Crippen molar-refractivity contribution in [2.24, 2.45) is 0 Å². The first-order valence-corrected chi connectivity index (χ1v) is 5.76. The van der Waals surface area contributed by atoms with Crippen molar-refractivity contribution in [3.05, 3.63) is 0 Å². The second-order valence-corrected chi connectivity index (χ2v) is 5.76. The van der Waals surface area contributed by atoms with Crippen LogP contribution in [0.15, 0.2) is 0 Å². The van der Waals surface area contributed by atoms with Crippen LogP contribution in [0.25, 0.3) is 0 Å². The van der Waals surface area contributed by atoms with Crippen molar-refractivity contribution in [2.45, 2.75) is 29.3 Å². The van der Waals surface area contributed by atoms with E-state index in [4.69, 9.17) is 16.7 Å². The fourth-order valence-electron chi connectivity index (χ4n) is 1.96. The second kappa shape index (κ2) is 3.25. The van der Waals surface area contributed by atoms with Crippen LogP contribution < -0.4 is 0 Å². The Morgan fingerprint density at radius 2 is 2.40 bits per heavy atom. The van der Waals surface area contributed by atoms with E-state index in [-0.39, 0.29) is 5.88 Å². The Bertz CT molecular complexity index is 342. The standard InChI is InChI=1S/C8H9ClFNO3S/c1-8(2-9)4(7(13)14)11-5(12)3(10)6(11)15-8/h3-4,6H,2H2,1H3,(H,13,14)/t3-,4-,6+,8-/m0/s1. The Morgan fingerprint density at radius 1 is 1.80 bits per heavy atom. The van der Waals surface area contributed by atoms with Crippen LogP contribution in [0.2, 0.25) is 0 Å². The summed E-state index contributed by atoms with van der Waals surface area (Å²) < 4.78 is 12.3. The van der Waals surface area contributed by atoms with E-state index in [1.807, 2.05) is 0 Å². The van der Waals surface area contributed by atoms with Crippen LogP contribution in [0, 0.1) is 0 Å². The third kappa shape index (κ3) is 1.27. The molecule has 0 aliphatic carbocycles. The molecule has 2 aliphatic heterocycles. The number of halogens is 2. The van der Waals surface area contributed by atoms with E-state index >= 15 is 0 Å². The molecule has 2 fully saturated rings. The maximum absolute atomic E-state index is 13.1. The molecule has 7 heteroatoms. The van der Waals surface area contributed by atoms with Gasteiger partial charge in [-0.2, -0.15) is 0 Å². The summed E-state index contributed by atoms with van der Waals surface area (Å²) in [7, 11) is 0. The van der Waals surface area contributed by atoms with Crippen molar-refractivity contribution in [2.75, 3.05) is 5.88 Å². The third-order valence-corrected chi connectivity index (χ3v) is 5.09. The quantitative estimate of drug-likeness (QED) is 0.581. The summed E-state index contributed by atoms with van der Waals surface area (Å²) in [5.74, 6) is -1.80. The third-order valence-electron chi connectivity index (χ3n) is 2.76. The van der Waals surface area contributed by atoms with Crippen LogP contribution in [0.1, 0.15) is 6.92 Å². The molecule has 84 valence electrons. The Morgan fingerprint density at radius 3 is 2.87 bits per heavy atom.